The number of rotatable bonds is 10. The largest absolute Gasteiger partial charge is 0.494 e. The summed E-state index contributed by atoms with van der Waals surface area (Å²) in [6, 6.07) is 31.9. The molecule has 0 aliphatic heterocycles. The van der Waals surface area contributed by atoms with Crippen molar-refractivity contribution < 1.29 is 17.9 Å². The summed E-state index contributed by atoms with van der Waals surface area (Å²) in [4.78, 5) is 12.9. The van der Waals surface area contributed by atoms with E-state index >= 15 is 0 Å². The summed E-state index contributed by atoms with van der Waals surface area (Å²) < 4.78 is 33.9. The summed E-state index contributed by atoms with van der Waals surface area (Å²) in [5.41, 5.74) is 2.71. The normalized spacial score (nSPS) is 11.0. The first-order valence-corrected chi connectivity index (χ1v) is 13.1. The second kappa shape index (κ2) is 11.6. The first kappa shape index (κ1) is 25.0. The molecule has 0 aromatic heterocycles. The van der Waals surface area contributed by atoms with Crippen LogP contribution in [0.3, 0.4) is 0 Å². The molecule has 6 nitrogen and oxygen atoms in total. The van der Waals surface area contributed by atoms with Crippen molar-refractivity contribution in [3.05, 3.63) is 126 Å². The van der Waals surface area contributed by atoms with Gasteiger partial charge in [-0.3, -0.25) is 9.10 Å². The summed E-state index contributed by atoms with van der Waals surface area (Å²) in [7, 11) is -3.78. The molecule has 0 heterocycles. The van der Waals surface area contributed by atoms with Gasteiger partial charge in [0.2, 0.25) is 0 Å². The van der Waals surface area contributed by atoms with Gasteiger partial charge in [0.15, 0.2) is 0 Å². The molecule has 36 heavy (non-hydrogen) atoms. The SMILES string of the molecule is CCOc1ccccc1CNC(=O)c1ccc(CN(c2ccccc2)S(=O)(=O)c2ccccc2)cc1. The minimum Gasteiger partial charge on any atom is -0.494 e. The summed E-state index contributed by atoms with van der Waals surface area (Å²) in [5.74, 6) is 0.529. The van der Waals surface area contributed by atoms with Crippen LogP contribution in [0.4, 0.5) is 5.69 Å². The summed E-state index contributed by atoms with van der Waals surface area (Å²) >= 11 is 0. The van der Waals surface area contributed by atoms with E-state index in [1.807, 2.05) is 37.3 Å². The number of nitrogens with one attached hydrogen (secondary N) is 1. The van der Waals surface area contributed by atoms with Crippen molar-refractivity contribution in [1.82, 2.24) is 5.32 Å². The molecule has 0 fully saturated rings. The summed E-state index contributed by atoms with van der Waals surface area (Å²) in [6.07, 6.45) is 0. The smallest absolute Gasteiger partial charge is 0.264 e. The molecule has 0 aliphatic carbocycles. The van der Waals surface area contributed by atoms with Crippen molar-refractivity contribution in [1.29, 1.82) is 0 Å². The predicted molar refractivity (Wildman–Crippen MR) is 141 cm³/mol. The van der Waals surface area contributed by atoms with E-state index in [1.54, 1.807) is 78.9 Å². The lowest BCUT2D eigenvalue weighted by Crippen LogP contribution is -2.30. The van der Waals surface area contributed by atoms with E-state index in [0.717, 1.165) is 16.9 Å². The lowest BCUT2D eigenvalue weighted by atomic mass is 10.1. The van der Waals surface area contributed by atoms with Crippen molar-refractivity contribution in [3.63, 3.8) is 0 Å². The number of hydrogen-bond acceptors (Lipinski definition) is 4. The Morgan fingerprint density at radius 3 is 2.08 bits per heavy atom. The van der Waals surface area contributed by atoms with Gasteiger partial charge in [-0.2, -0.15) is 0 Å². The Balaban J connectivity index is 1.50. The molecule has 184 valence electrons. The molecule has 4 aromatic rings. The minimum absolute atomic E-state index is 0.130. The first-order chi connectivity index (χ1) is 17.5. The molecule has 0 unspecified atom stereocenters. The quantitative estimate of drug-likeness (QED) is 0.316. The molecule has 0 saturated heterocycles. The number of amides is 1. The maximum Gasteiger partial charge on any atom is 0.264 e. The van der Waals surface area contributed by atoms with Gasteiger partial charge < -0.3 is 10.1 Å². The summed E-state index contributed by atoms with van der Waals surface area (Å²) in [6.45, 7) is 2.94. The van der Waals surface area contributed by atoms with Crippen LogP contribution in [-0.2, 0) is 23.1 Å². The Labute approximate surface area is 212 Å². The average molecular weight is 501 g/mol. The standard InChI is InChI=1S/C29H28N2O4S/c1-2-35-28-16-10-9-11-25(28)21-30-29(32)24-19-17-23(18-20-24)22-31(26-12-5-3-6-13-26)36(33,34)27-14-7-4-8-15-27/h3-20H,2,21-22H2,1H3,(H,30,32). The van der Waals surface area contributed by atoms with Crippen LogP contribution in [0.25, 0.3) is 0 Å². The van der Waals surface area contributed by atoms with E-state index in [4.69, 9.17) is 4.74 Å². The van der Waals surface area contributed by atoms with Crippen molar-refractivity contribution >= 4 is 21.6 Å². The zero-order valence-electron chi connectivity index (χ0n) is 20.0. The van der Waals surface area contributed by atoms with E-state index in [9.17, 15) is 13.2 Å². The van der Waals surface area contributed by atoms with Gasteiger partial charge in [0, 0.05) is 17.7 Å². The number of ether oxygens (including phenoxy) is 1. The number of sulfonamides is 1. The fourth-order valence-corrected chi connectivity index (χ4v) is 5.25. The molecule has 4 aromatic carbocycles. The number of carbonyl (C=O) groups excluding carboxylic acids is 1. The molecule has 0 spiro atoms. The van der Waals surface area contributed by atoms with Gasteiger partial charge in [-0.25, -0.2) is 8.42 Å². The molecule has 0 aliphatic rings. The van der Waals surface area contributed by atoms with E-state index in [2.05, 4.69) is 5.32 Å². The molecular formula is C29H28N2O4S. The highest BCUT2D eigenvalue weighted by molar-refractivity contribution is 7.92. The molecule has 4 rings (SSSR count). The van der Waals surface area contributed by atoms with Gasteiger partial charge in [0.1, 0.15) is 5.75 Å². The Hall–Kier alpha value is -4.10. The third-order valence-electron chi connectivity index (χ3n) is 5.63. The third kappa shape index (κ3) is 5.93. The molecule has 1 amide bonds. The number of hydrogen-bond donors (Lipinski definition) is 1. The van der Waals surface area contributed by atoms with Crippen LogP contribution < -0.4 is 14.4 Å². The third-order valence-corrected chi connectivity index (χ3v) is 7.42. The number of benzene rings is 4. The highest BCUT2D eigenvalue weighted by Gasteiger charge is 2.25. The van der Waals surface area contributed by atoms with Gasteiger partial charge in [0.25, 0.3) is 15.9 Å². The van der Waals surface area contributed by atoms with Crippen molar-refractivity contribution in [2.24, 2.45) is 0 Å². The number of anilines is 1. The van der Waals surface area contributed by atoms with Crippen LogP contribution >= 0.6 is 0 Å². The van der Waals surface area contributed by atoms with Gasteiger partial charge in [-0.1, -0.05) is 66.7 Å². The number of para-hydroxylation sites is 2. The maximum atomic E-state index is 13.5. The van der Waals surface area contributed by atoms with E-state index in [0.29, 0.717) is 24.4 Å². The highest BCUT2D eigenvalue weighted by Crippen LogP contribution is 2.26. The van der Waals surface area contributed by atoms with Crippen molar-refractivity contribution in [2.45, 2.75) is 24.9 Å². The van der Waals surface area contributed by atoms with Gasteiger partial charge in [-0.15, -0.1) is 0 Å². The van der Waals surface area contributed by atoms with Crippen LogP contribution in [0.2, 0.25) is 0 Å². The molecular weight excluding hydrogens is 472 g/mol. The number of nitrogens with zero attached hydrogens (tertiary/aromatic N) is 1. The molecule has 0 atom stereocenters. The zero-order chi connectivity index (χ0) is 25.4. The first-order valence-electron chi connectivity index (χ1n) is 11.7. The molecule has 0 saturated carbocycles. The Morgan fingerprint density at radius 2 is 1.42 bits per heavy atom. The van der Waals surface area contributed by atoms with Gasteiger partial charge in [-0.05, 0) is 55.0 Å². The lowest BCUT2D eigenvalue weighted by molar-refractivity contribution is 0.0950. The predicted octanol–water partition coefficient (Wildman–Crippen LogP) is 5.41. The van der Waals surface area contributed by atoms with Gasteiger partial charge >= 0.3 is 0 Å². The molecule has 7 heteroatoms. The van der Waals surface area contributed by atoms with E-state index in [1.165, 1.54) is 4.31 Å². The zero-order valence-corrected chi connectivity index (χ0v) is 20.8. The van der Waals surface area contributed by atoms with Crippen molar-refractivity contribution in [2.75, 3.05) is 10.9 Å². The van der Waals surface area contributed by atoms with E-state index in [-0.39, 0.29) is 17.3 Å². The second-order valence-electron chi connectivity index (χ2n) is 8.08. The van der Waals surface area contributed by atoms with Crippen LogP contribution in [0.5, 0.6) is 5.75 Å². The molecule has 0 bridgehead atoms. The fraction of sp³-hybridized carbons (Fsp3) is 0.138. The highest BCUT2D eigenvalue weighted by atomic mass is 32.2. The van der Waals surface area contributed by atoms with Crippen molar-refractivity contribution in [3.8, 4) is 5.75 Å². The van der Waals surface area contributed by atoms with E-state index < -0.39 is 10.0 Å². The fourth-order valence-electron chi connectivity index (χ4n) is 3.78. The number of carbonyl (C=O) groups is 1. The van der Waals surface area contributed by atoms with Crippen LogP contribution in [-0.4, -0.2) is 20.9 Å². The van der Waals surface area contributed by atoms with Gasteiger partial charge in [0.05, 0.1) is 23.7 Å². The topological polar surface area (TPSA) is 75.7 Å². The minimum atomic E-state index is -3.78. The van der Waals surface area contributed by atoms with Crippen LogP contribution in [0.15, 0.2) is 114 Å². The molecule has 1 N–H and O–H groups in total. The Morgan fingerprint density at radius 1 is 0.806 bits per heavy atom. The lowest BCUT2D eigenvalue weighted by Gasteiger charge is -2.25. The monoisotopic (exact) mass is 500 g/mol. The Bertz CT molecular complexity index is 1390. The summed E-state index contributed by atoms with van der Waals surface area (Å²) in [5, 5.41) is 2.92. The molecule has 0 radical (unpaired) electrons. The second-order valence-corrected chi connectivity index (χ2v) is 9.94. The maximum absolute atomic E-state index is 13.5. The van der Waals surface area contributed by atoms with Crippen LogP contribution in [0, 0.1) is 0 Å². The average Bonchev–Trinajstić information content (AvgIpc) is 2.92. The van der Waals surface area contributed by atoms with Crippen LogP contribution in [0.1, 0.15) is 28.4 Å². The Kier molecular flexibility index (Phi) is 8.02.